The van der Waals surface area contributed by atoms with E-state index < -0.39 is 5.97 Å². The molecule has 20 heavy (non-hydrogen) atoms. The van der Waals surface area contributed by atoms with Crippen molar-refractivity contribution in [3.05, 3.63) is 17.5 Å². The maximum absolute atomic E-state index is 11.7. The Bertz CT molecular complexity index is 476. The van der Waals surface area contributed by atoms with Crippen molar-refractivity contribution in [1.82, 2.24) is 9.97 Å². The minimum absolute atomic E-state index is 0.294. The van der Waals surface area contributed by atoms with Crippen molar-refractivity contribution in [1.29, 1.82) is 0 Å². The summed E-state index contributed by atoms with van der Waals surface area (Å²) in [5.74, 6) is 0.389. The summed E-state index contributed by atoms with van der Waals surface area (Å²) >= 11 is 0. The molecule has 1 rings (SSSR count). The second kappa shape index (κ2) is 6.65. The Kier molecular flexibility index (Phi) is 5.44. The van der Waals surface area contributed by atoms with Crippen molar-refractivity contribution in [3.63, 3.8) is 0 Å². The van der Waals surface area contributed by atoms with Crippen LogP contribution in [0.4, 0.5) is 5.95 Å². The maximum atomic E-state index is 11.7. The van der Waals surface area contributed by atoms with Crippen molar-refractivity contribution < 1.29 is 9.53 Å². The van der Waals surface area contributed by atoms with Crippen LogP contribution in [0.25, 0.3) is 0 Å². The number of rotatable bonds is 6. The lowest BCUT2D eigenvalue weighted by molar-refractivity contribution is 0.0524. The summed E-state index contributed by atoms with van der Waals surface area (Å²) in [6.45, 7) is 10.5. The molecule has 0 amide bonds. The third-order valence-corrected chi connectivity index (χ3v) is 3.57. The number of nitrogens with zero attached hydrogens (tertiary/aromatic N) is 2. The van der Waals surface area contributed by atoms with E-state index >= 15 is 0 Å². The lowest BCUT2D eigenvalue weighted by atomic mass is 9.89. The van der Waals surface area contributed by atoms with E-state index in [1.165, 1.54) is 6.20 Å². The SMILES string of the molecule is CCOC(=O)c1cnc(NC(C)(CN)C(C)C)nc1C. The van der Waals surface area contributed by atoms with Gasteiger partial charge in [-0.25, -0.2) is 14.8 Å². The highest BCUT2D eigenvalue weighted by atomic mass is 16.5. The number of hydrogen-bond donors (Lipinski definition) is 2. The molecule has 1 aromatic rings. The van der Waals surface area contributed by atoms with Gasteiger partial charge in [-0.15, -0.1) is 0 Å². The molecular formula is C14H24N4O2. The molecule has 0 saturated carbocycles. The molecular weight excluding hydrogens is 256 g/mol. The van der Waals surface area contributed by atoms with Gasteiger partial charge < -0.3 is 15.8 Å². The molecule has 3 N–H and O–H groups in total. The topological polar surface area (TPSA) is 90.1 Å². The Morgan fingerprint density at radius 1 is 1.55 bits per heavy atom. The Morgan fingerprint density at radius 3 is 2.65 bits per heavy atom. The Balaban J connectivity index is 2.95. The predicted octanol–water partition coefficient (Wildman–Crippen LogP) is 1.75. The van der Waals surface area contributed by atoms with Crippen LogP contribution < -0.4 is 11.1 Å². The van der Waals surface area contributed by atoms with Gasteiger partial charge in [0.2, 0.25) is 5.95 Å². The molecule has 112 valence electrons. The van der Waals surface area contributed by atoms with Gasteiger partial charge in [0.25, 0.3) is 0 Å². The van der Waals surface area contributed by atoms with E-state index in [-0.39, 0.29) is 5.54 Å². The molecule has 1 heterocycles. The number of aromatic nitrogens is 2. The number of aryl methyl sites for hydroxylation is 1. The molecule has 0 radical (unpaired) electrons. The van der Waals surface area contributed by atoms with Crippen LogP contribution in [0, 0.1) is 12.8 Å². The Hall–Kier alpha value is -1.69. The molecule has 0 aliphatic carbocycles. The van der Waals surface area contributed by atoms with Gasteiger partial charge in [-0.1, -0.05) is 13.8 Å². The molecule has 1 aromatic heterocycles. The number of nitrogens with one attached hydrogen (secondary N) is 1. The number of carbonyl (C=O) groups excluding carboxylic acids is 1. The Morgan fingerprint density at radius 2 is 2.20 bits per heavy atom. The van der Waals surface area contributed by atoms with Crippen molar-refractivity contribution in [2.24, 2.45) is 11.7 Å². The summed E-state index contributed by atoms with van der Waals surface area (Å²) < 4.78 is 4.95. The minimum atomic E-state index is -0.401. The zero-order valence-electron chi connectivity index (χ0n) is 12.9. The molecule has 0 saturated heterocycles. The van der Waals surface area contributed by atoms with Gasteiger partial charge in [0.05, 0.1) is 23.4 Å². The average molecular weight is 280 g/mol. The van der Waals surface area contributed by atoms with E-state index in [2.05, 4.69) is 29.1 Å². The molecule has 0 aliphatic heterocycles. The number of carbonyl (C=O) groups is 1. The van der Waals surface area contributed by atoms with Crippen LogP contribution in [0.15, 0.2) is 6.20 Å². The maximum Gasteiger partial charge on any atom is 0.341 e. The molecule has 0 fully saturated rings. The molecule has 0 aromatic carbocycles. The van der Waals surface area contributed by atoms with Crippen molar-refractivity contribution in [2.45, 2.75) is 40.2 Å². The summed E-state index contributed by atoms with van der Waals surface area (Å²) in [6, 6.07) is 0. The van der Waals surface area contributed by atoms with Gasteiger partial charge in [-0.3, -0.25) is 0 Å². The molecule has 6 nitrogen and oxygen atoms in total. The number of esters is 1. The van der Waals surface area contributed by atoms with Gasteiger partial charge >= 0.3 is 5.97 Å². The molecule has 1 atom stereocenters. The van der Waals surface area contributed by atoms with Crippen LogP contribution in [0.1, 0.15) is 43.7 Å². The van der Waals surface area contributed by atoms with Gasteiger partial charge in [0.1, 0.15) is 0 Å². The third-order valence-electron chi connectivity index (χ3n) is 3.57. The fourth-order valence-electron chi connectivity index (χ4n) is 1.62. The number of nitrogens with two attached hydrogens (primary N) is 1. The van der Waals surface area contributed by atoms with E-state index in [0.29, 0.717) is 36.3 Å². The van der Waals surface area contributed by atoms with Gasteiger partial charge in [0.15, 0.2) is 0 Å². The molecule has 6 heteroatoms. The van der Waals surface area contributed by atoms with E-state index in [1.807, 2.05) is 6.92 Å². The second-order valence-electron chi connectivity index (χ2n) is 5.31. The second-order valence-corrected chi connectivity index (χ2v) is 5.31. The molecule has 1 unspecified atom stereocenters. The monoisotopic (exact) mass is 280 g/mol. The molecule has 0 bridgehead atoms. The standard InChI is InChI=1S/C14H24N4O2/c1-6-20-12(19)11-7-16-13(17-10(11)4)18-14(5,8-15)9(2)3/h7,9H,6,8,15H2,1-5H3,(H,16,17,18). The normalized spacial score (nSPS) is 13.9. The third kappa shape index (κ3) is 3.66. The molecule has 0 spiro atoms. The largest absolute Gasteiger partial charge is 0.462 e. The fraction of sp³-hybridized carbons (Fsp3) is 0.643. The number of anilines is 1. The first-order valence-corrected chi connectivity index (χ1v) is 6.83. The van der Waals surface area contributed by atoms with E-state index in [9.17, 15) is 4.79 Å². The Labute approximate surface area is 120 Å². The first-order valence-electron chi connectivity index (χ1n) is 6.83. The summed E-state index contributed by atoms with van der Waals surface area (Å²) in [5, 5.41) is 3.24. The van der Waals surface area contributed by atoms with Crippen molar-refractivity contribution in [2.75, 3.05) is 18.5 Å². The summed E-state index contributed by atoms with van der Waals surface area (Å²) in [5.41, 5.74) is 6.50. The lowest BCUT2D eigenvalue weighted by Gasteiger charge is -2.33. The highest BCUT2D eigenvalue weighted by molar-refractivity contribution is 5.90. The average Bonchev–Trinajstić information content (AvgIpc) is 2.38. The predicted molar refractivity (Wildman–Crippen MR) is 78.6 cm³/mol. The summed E-state index contributed by atoms with van der Waals surface area (Å²) in [6.07, 6.45) is 1.49. The highest BCUT2D eigenvalue weighted by Crippen LogP contribution is 2.20. The first-order chi connectivity index (χ1) is 9.34. The van der Waals surface area contributed by atoms with E-state index in [1.54, 1.807) is 13.8 Å². The summed E-state index contributed by atoms with van der Waals surface area (Å²) in [4.78, 5) is 20.2. The van der Waals surface area contributed by atoms with Crippen LogP contribution in [-0.2, 0) is 4.74 Å². The van der Waals surface area contributed by atoms with Gasteiger partial charge in [0, 0.05) is 12.7 Å². The van der Waals surface area contributed by atoms with Crippen LogP contribution in [-0.4, -0.2) is 34.6 Å². The highest BCUT2D eigenvalue weighted by Gasteiger charge is 2.27. The number of ether oxygens (including phenoxy) is 1. The molecule has 0 aliphatic rings. The van der Waals surface area contributed by atoms with Crippen LogP contribution in [0.5, 0.6) is 0 Å². The first kappa shape index (κ1) is 16.4. The van der Waals surface area contributed by atoms with E-state index in [0.717, 1.165) is 0 Å². The van der Waals surface area contributed by atoms with Crippen LogP contribution in [0.2, 0.25) is 0 Å². The quantitative estimate of drug-likeness (QED) is 0.771. The minimum Gasteiger partial charge on any atom is -0.462 e. The zero-order valence-corrected chi connectivity index (χ0v) is 12.9. The van der Waals surface area contributed by atoms with Crippen LogP contribution in [0.3, 0.4) is 0 Å². The smallest absolute Gasteiger partial charge is 0.341 e. The van der Waals surface area contributed by atoms with Gasteiger partial charge in [-0.05, 0) is 26.7 Å². The van der Waals surface area contributed by atoms with Crippen LogP contribution >= 0.6 is 0 Å². The van der Waals surface area contributed by atoms with Crippen molar-refractivity contribution >= 4 is 11.9 Å². The zero-order chi connectivity index (χ0) is 15.3. The lowest BCUT2D eigenvalue weighted by Crippen LogP contribution is -2.47. The number of hydrogen-bond acceptors (Lipinski definition) is 6. The van der Waals surface area contributed by atoms with Gasteiger partial charge in [-0.2, -0.15) is 0 Å². The summed E-state index contributed by atoms with van der Waals surface area (Å²) in [7, 11) is 0. The van der Waals surface area contributed by atoms with E-state index in [4.69, 9.17) is 10.5 Å². The fourth-order valence-corrected chi connectivity index (χ4v) is 1.62. The van der Waals surface area contributed by atoms with Crippen molar-refractivity contribution in [3.8, 4) is 0 Å².